The number of carbonyl (C=O) groups is 1. The molecule has 1 heterocycles. The first-order valence-corrected chi connectivity index (χ1v) is 14.6. The lowest BCUT2D eigenvalue weighted by atomic mass is 9.88. The Bertz CT molecular complexity index is 1930. The van der Waals surface area contributed by atoms with Crippen LogP contribution in [0.25, 0.3) is 0 Å². The smallest absolute Gasteiger partial charge is 0.173 e. The molecule has 0 saturated heterocycles. The SMILES string of the molecule is O=C1CCOc2c(Cc3cc(Cc4ccccc4O)ccc3O)c(O)c(Cc3cc(Cc4ccccc4O)ccc3O)c(O)c21. The molecule has 1 aliphatic heterocycles. The Morgan fingerprint density at radius 2 is 1.02 bits per heavy atom. The van der Waals surface area contributed by atoms with E-state index in [1.54, 1.807) is 54.6 Å². The number of hydrogen-bond donors (Lipinski definition) is 6. The van der Waals surface area contributed by atoms with Gasteiger partial charge in [-0.15, -0.1) is 0 Å². The quantitative estimate of drug-likeness (QED) is 0.122. The lowest BCUT2D eigenvalue weighted by Gasteiger charge is -2.24. The third kappa shape index (κ3) is 5.95. The Hall–Kier alpha value is -5.63. The van der Waals surface area contributed by atoms with E-state index in [-0.39, 0.29) is 82.8 Å². The van der Waals surface area contributed by atoms with Crippen molar-refractivity contribution >= 4 is 5.78 Å². The van der Waals surface area contributed by atoms with Gasteiger partial charge in [0.05, 0.1) is 6.61 Å². The second-order valence-corrected chi connectivity index (χ2v) is 11.3. The molecule has 0 amide bonds. The van der Waals surface area contributed by atoms with Gasteiger partial charge in [-0.05, 0) is 57.6 Å². The lowest BCUT2D eigenvalue weighted by Crippen LogP contribution is -2.18. The normalized spacial score (nSPS) is 12.5. The van der Waals surface area contributed by atoms with Crippen LogP contribution in [-0.2, 0) is 25.7 Å². The van der Waals surface area contributed by atoms with E-state index in [9.17, 15) is 35.4 Å². The fourth-order valence-electron chi connectivity index (χ4n) is 5.85. The number of ketones is 1. The third-order valence-corrected chi connectivity index (χ3v) is 8.24. The molecule has 8 heteroatoms. The fourth-order valence-corrected chi connectivity index (χ4v) is 5.85. The molecule has 45 heavy (non-hydrogen) atoms. The largest absolute Gasteiger partial charge is 0.508 e. The highest BCUT2D eigenvalue weighted by atomic mass is 16.5. The Morgan fingerprint density at radius 1 is 0.533 bits per heavy atom. The van der Waals surface area contributed by atoms with Crippen LogP contribution in [-0.4, -0.2) is 43.0 Å². The van der Waals surface area contributed by atoms with Gasteiger partial charge in [-0.2, -0.15) is 0 Å². The Kier molecular flexibility index (Phi) is 7.96. The lowest BCUT2D eigenvalue weighted by molar-refractivity contribution is 0.0928. The number of phenolic OH excluding ortho intramolecular Hbond substituents is 6. The highest BCUT2D eigenvalue weighted by Crippen LogP contribution is 2.47. The maximum atomic E-state index is 13.1. The number of rotatable bonds is 8. The van der Waals surface area contributed by atoms with E-state index in [4.69, 9.17) is 4.74 Å². The predicted octanol–water partition coefficient (Wildman–Crippen LogP) is 6.25. The standard InChI is InChI=1S/C37H32O8/c38-29-7-3-1-5-23(29)15-21-9-11-31(40)25(17-21)19-27-35(43)28(37-34(36(27)44)33(42)13-14-45-37)20-26-18-22(10-12-32(26)41)16-24-6-2-4-8-30(24)39/h1-12,17-18,38-41,43-44H,13-16,19-20H2. The molecule has 0 bridgehead atoms. The molecule has 5 aromatic carbocycles. The van der Waals surface area contributed by atoms with Crippen molar-refractivity contribution in [3.63, 3.8) is 0 Å². The Labute approximate surface area is 259 Å². The molecule has 6 N–H and O–H groups in total. The Morgan fingerprint density at radius 3 is 1.56 bits per heavy atom. The number of ether oxygens (including phenoxy) is 1. The van der Waals surface area contributed by atoms with Gasteiger partial charge in [0.1, 0.15) is 45.8 Å². The number of carbonyl (C=O) groups excluding carboxylic acids is 1. The first-order chi connectivity index (χ1) is 21.7. The Balaban J connectivity index is 1.39. The molecule has 0 fully saturated rings. The highest BCUT2D eigenvalue weighted by molar-refractivity contribution is 6.03. The first kappa shape index (κ1) is 29.4. The molecule has 5 aromatic rings. The van der Waals surface area contributed by atoms with Crippen molar-refractivity contribution in [2.45, 2.75) is 32.1 Å². The molecule has 0 radical (unpaired) electrons. The first-order valence-electron chi connectivity index (χ1n) is 14.6. The maximum Gasteiger partial charge on any atom is 0.173 e. The van der Waals surface area contributed by atoms with Crippen molar-refractivity contribution < 1.29 is 40.2 Å². The minimum Gasteiger partial charge on any atom is -0.508 e. The molecule has 0 aromatic heterocycles. The van der Waals surface area contributed by atoms with E-state index in [2.05, 4.69) is 0 Å². The predicted molar refractivity (Wildman–Crippen MR) is 168 cm³/mol. The van der Waals surface area contributed by atoms with Crippen LogP contribution in [0, 0.1) is 0 Å². The summed E-state index contributed by atoms with van der Waals surface area (Å²) in [6.45, 7) is 0.0749. The number of Topliss-reactive ketones (excluding diaryl/α,β-unsaturated/α-hetero) is 1. The molecule has 0 spiro atoms. The van der Waals surface area contributed by atoms with Crippen LogP contribution in [0.3, 0.4) is 0 Å². The van der Waals surface area contributed by atoms with Crippen molar-refractivity contribution in [3.8, 4) is 40.2 Å². The summed E-state index contributed by atoms with van der Waals surface area (Å²) in [4.78, 5) is 13.1. The van der Waals surface area contributed by atoms with Gasteiger partial charge < -0.3 is 35.4 Å². The summed E-state index contributed by atoms with van der Waals surface area (Å²) < 4.78 is 5.84. The summed E-state index contributed by atoms with van der Waals surface area (Å²) >= 11 is 0. The molecular weight excluding hydrogens is 572 g/mol. The zero-order valence-electron chi connectivity index (χ0n) is 24.3. The number of aromatic hydroxyl groups is 6. The molecule has 6 rings (SSSR count). The van der Waals surface area contributed by atoms with E-state index in [1.165, 1.54) is 12.1 Å². The molecule has 228 valence electrons. The van der Waals surface area contributed by atoms with Crippen LogP contribution in [0.1, 0.15) is 61.3 Å². The van der Waals surface area contributed by atoms with E-state index in [1.807, 2.05) is 18.2 Å². The summed E-state index contributed by atoms with van der Waals surface area (Å²) in [5.74, 6) is -0.799. The number of para-hydroxylation sites is 2. The van der Waals surface area contributed by atoms with E-state index in [0.717, 1.165) is 11.1 Å². The van der Waals surface area contributed by atoms with Crippen molar-refractivity contribution in [2.75, 3.05) is 6.61 Å². The molecule has 0 unspecified atom stereocenters. The van der Waals surface area contributed by atoms with Gasteiger partial charge in [0.25, 0.3) is 0 Å². The van der Waals surface area contributed by atoms with Crippen LogP contribution in [0.5, 0.6) is 40.2 Å². The molecule has 0 atom stereocenters. The summed E-state index contributed by atoms with van der Waals surface area (Å²) in [6, 6.07) is 23.9. The van der Waals surface area contributed by atoms with E-state index >= 15 is 0 Å². The number of fused-ring (bicyclic) bond motifs is 1. The zero-order chi connectivity index (χ0) is 31.7. The van der Waals surface area contributed by atoms with Crippen molar-refractivity contribution in [1.29, 1.82) is 0 Å². The summed E-state index contributed by atoms with van der Waals surface area (Å²) in [5, 5.41) is 64.9. The van der Waals surface area contributed by atoms with Crippen molar-refractivity contribution in [2.24, 2.45) is 0 Å². The average molecular weight is 605 g/mol. The summed E-state index contributed by atoms with van der Waals surface area (Å²) in [6.07, 6.45) is 0.707. The van der Waals surface area contributed by atoms with Crippen molar-refractivity contribution in [3.05, 3.63) is 135 Å². The monoisotopic (exact) mass is 604 g/mol. The van der Waals surface area contributed by atoms with Gasteiger partial charge in [-0.3, -0.25) is 4.79 Å². The zero-order valence-corrected chi connectivity index (χ0v) is 24.3. The average Bonchev–Trinajstić information content (AvgIpc) is 3.02. The highest BCUT2D eigenvalue weighted by Gasteiger charge is 2.32. The molecule has 0 saturated carbocycles. The van der Waals surface area contributed by atoms with Gasteiger partial charge in [0, 0.05) is 43.2 Å². The minimum absolute atomic E-state index is 0.0194. The number of hydrogen-bond acceptors (Lipinski definition) is 8. The van der Waals surface area contributed by atoms with E-state index in [0.29, 0.717) is 35.1 Å². The fraction of sp³-hybridized carbons (Fsp3) is 0.162. The van der Waals surface area contributed by atoms with Crippen LogP contribution >= 0.6 is 0 Å². The molecule has 0 aliphatic carbocycles. The molecule has 8 nitrogen and oxygen atoms in total. The summed E-state index contributed by atoms with van der Waals surface area (Å²) in [5.41, 5.74) is 4.07. The van der Waals surface area contributed by atoms with E-state index < -0.39 is 5.75 Å². The third-order valence-electron chi connectivity index (χ3n) is 8.24. The van der Waals surface area contributed by atoms with Crippen LogP contribution in [0.2, 0.25) is 0 Å². The maximum absolute atomic E-state index is 13.1. The minimum atomic E-state index is -0.418. The van der Waals surface area contributed by atoms with Gasteiger partial charge in [-0.1, -0.05) is 60.7 Å². The van der Waals surface area contributed by atoms with Crippen LogP contribution in [0.15, 0.2) is 84.9 Å². The van der Waals surface area contributed by atoms with Crippen LogP contribution in [0.4, 0.5) is 0 Å². The van der Waals surface area contributed by atoms with Gasteiger partial charge in [0.15, 0.2) is 5.78 Å². The molecular formula is C37H32O8. The van der Waals surface area contributed by atoms with Crippen molar-refractivity contribution in [1.82, 2.24) is 0 Å². The second kappa shape index (κ2) is 12.2. The number of benzene rings is 5. The molecule has 1 aliphatic rings. The summed E-state index contributed by atoms with van der Waals surface area (Å²) in [7, 11) is 0. The van der Waals surface area contributed by atoms with Gasteiger partial charge >= 0.3 is 0 Å². The number of phenols is 6. The van der Waals surface area contributed by atoms with Gasteiger partial charge in [0.2, 0.25) is 0 Å². The van der Waals surface area contributed by atoms with Gasteiger partial charge in [-0.25, -0.2) is 0 Å². The van der Waals surface area contributed by atoms with Crippen LogP contribution < -0.4 is 4.74 Å². The topological polar surface area (TPSA) is 148 Å². The second-order valence-electron chi connectivity index (χ2n) is 11.3.